The van der Waals surface area contributed by atoms with Crippen LogP contribution in [0.4, 0.5) is 0 Å². The Morgan fingerprint density at radius 2 is 1.97 bits per heavy atom. The Kier molecular flexibility index (Phi) is 9.37. The summed E-state index contributed by atoms with van der Waals surface area (Å²) in [7, 11) is -4.14. The van der Waals surface area contributed by atoms with Gasteiger partial charge in [0.05, 0.1) is 25.0 Å². The second-order valence-electron chi connectivity index (χ2n) is 9.52. The lowest BCUT2D eigenvalue weighted by Crippen LogP contribution is -2.50. The molecular formula is C21H33N2O9P. The van der Waals surface area contributed by atoms with Crippen molar-refractivity contribution in [3.05, 3.63) is 12.3 Å². The number of hydrogen-bond donors (Lipinski definition) is 1. The van der Waals surface area contributed by atoms with E-state index >= 15 is 0 Å². The third-order valence-corrected chi connectivity index (χ3v) is 6.17. The first-order chi connectivity index (χ1) is 15.3. The molecule has 1 N–H and O–H groups in total. The summed E-state index contributed by atoms with van der Waals surface area (Å²) >= 11 is 0. The Morgan fingerprint density at radius 1 is 1.24 bits per heavy atom. The highest BCUT2D eigenvalue weighted by Crippen LogP contribution is 2.57. The maximum atomic E-state index is 12.8. The van der Waals surface area contributed by atoms with Crippen LogP contribution in [0.3, 0.4) is 0 Å². The van der Waals surface area contributed by atoms with Crippen LogP contribution in [0, 0.1) is 16.7 Å². The molecule has 1 fully saturated rings. The summed E-state index contributed by atoms with van der Waals surface area (Å²) in [4.78, 5) is 40.4. The molecule has 0 radical (unpaired) electrons. The molecule has 0 saturated carbocycles. The van der Waals surface area contributed by atoms with Crippen LogP contribution in [0.2, 0.25) is 0 Å². The van der Waals surface area contributed by atoms with Crippen LogP contribution in [-0.4, -0.2) is 56.7 Å². The minimum absolute atomic E-state index is 0.0186. The van der Waals surface area contributed by atoms with Crippen molar-refractivity contribution in [1.29, 1.82) is 0 Å². The third-order valence-electron chi connectivity index (χ3n) is 4.83. The van der Waals surface area contributed by atoms with Gasteiger partial charge < -0.3 is 14.8 Å². The van der Waals surface area contributed by atoms with E-state index in [9.17, 15) is 18.9 Å². The highest BCUT2D eigenvalue weighted by atomic mass is 31.2. The van der Waals surface area contributed by atoms with Gasteiger partial charge in [-0.3, -0.25) is 28.4 Å². The van der Waals surface area contributed by atoms with E-state index in [1.54, 1.807) is 47.0 Å². The summed E-state index contributed by atoms with van der Waals surface area (Å²) in [6, 6.07) is 0. The normalized spacial score (nSPS) is 26.5. The van der Waals surface area contributed by atoms with Crippen LogP contribution < -0.4 is 5.32 Å². The number of rotatable bonds is 9. The van der Waals surface area contributed by atoms with Crippen LogP contribution >= 0.6 is 7.82 Å². The molecule has 0 bridgehead atoms. The summed E-state index contributed by atoms with van der Waals surface area (Å²) in [5.74, 6) is -1.49. The van der Waals surface area contributed by atoms with Gasteiger partial charge >= 0.3 is 19.8 Å². The Hall–Kier alpha value is -2.07. The lowest BCUT2D eigenvalue weighted by molar-refractivity contribution is -0.163. The quantitative estimate of drug-likeness (QED) is 0.295. The highest BCUT2D eigenvalue weighted by Gasteiger charge is 2.49. The van der Waals surface area contributed by atoms with Crippen molar-refractivity contribution in [3.63, 3.8) is 0 Å². The van der Waals surface area contributed by atoms with Crippen LogP contribution in [0.5, 0.6) is 0 Å². The van der Waals surface area contributed by atoms with Crippen molar-refractivity contribution >= 4 is 31.9 Å². The van der Waals surface area contributed by atoms with Crippen molar-refractivity contribution in [3.8, 4) is 0 Å². The van der Waals surface area contributed by atoms with E-state index in [2.05, 4.69) is 10.3 Å². The molecule has 2 heterocycles. The minimum atomic E-state index is -4.14. The number of carbonyl (C=O) groups is 3. The molecule has 186 valence electrons. The number of carbonyl (C=O) groups excluding carboxylic acids is 3. The molecule has 1 amide bonds. The Labute approximate surface area is 193 Å². The van der Waals surface area contributed by atoms with Crippen molar-refractivity contribution in [2.45, 2.75) is 53.6 Å². The molecule has 11 nitrogen and oxygen atoms in total. The Morgan fingerprint density at radius 3 is 2.61 bits per heavy atom. The average molecular weight is 488 g/mol. The maximum absolute atomic E-state index is 12.8. The average Bonchev–Trinajstić information content (AvgIpc) is 2.74. The molecule has 1 unspecified atom stereocenters. The number of phosphoric ester groups is 1. The van der Waals surface area contributed by atoms with E-state index < -0.39 is 49.4 Å². The molecule has 0 spiro atoms. The second-order valence-corrected chi connectivity index (χ2v) is 11.1. The molecule has 0 aromatic rings. The van der Waals surface area contributed by atoms with Crippen LogP contribution in [0.1, 0.15) is 47.5 Å². The molecule has 0 aromatic heterocycles. The Balaban J connectivity index is 1.79. The highest BCUT2D eigenvalue weighted by molar-refractivity contribution is 7.48. The van der Waals surface area contributed by atoms with Crippen LogP contribution in [-0.2, 0) is 42.0 Å². The Bertz CT molecular complexity index is 832. The molecule has 12 heteroatoms. The second kappa shape index (κ2) is 11.4. The van der Waals surface area contributed by atoms with Crippen LogP contribution in [0.25, 0.3) is 0 Å². The first-order valence-electron chi connectivity index (χ1n) is 10.7. The lowest BCUT2D eigenvalue weighted by atomic mass is 9.87. The summed E-state index contributed by atoms with van der Waals surface area (Å²) < 4.78 is 38.5. The summed E-state index contributed by atoms with van der Waals surface area (Å²) in [6.07, 6.45) is 4.79. The molecule has 0 aliphatic carbocycles. The largest absolute Gasteiger partial charge is 0.478 e. The number of nitrogens with zero attached hydrogens (tertiary/aromatic N) is 1. The molecule has 2 rings (SSSR count). The van der Waals surface area contributed by atoms with E-state index in [4.69, 9.17) is 23.0 Å². The molecule has 0 aromatic carbocycles. The molecule has 2 aliphatic heterocycles. The minimum Gasteiger partial charge on any atom is -0.465 e. The number of esters is 2. The van der Waals surface area contributed by atoms with Crippen LogP contribution in [0.15, 0.2) is 17.3 Å². The summed E-state index contributed by atoms with van der Waals surface area (Å²) in [6.45, 7) is 7.91. The number of phosphoric acid groups is 1. The SMILES string of the molecule is CC(C)(C)C(=O)OCO[P@]1(=O)OCC(C)(C)[C@H](C(=O)NCCC(=O)OCC2C=CN=CC2)O1. The zero-order chi connectivity index (χ0) is 24.7. The fraction of sp³-hybridized carbons (Fsp3) is 0.714. The van der Waals surface area contributed by atoms with Crippen molar-refractivity contribution in [2.75, 3.05) is 26.6 Å². The number of aliphatic imine (C=N–C) groups is 1. The number of nitrogens with one attached hydrogen (secondary N) is 1. The van der Waals surface area contributed by atoms with Gasteiger partial charge in [-0.25, -0.2) is 9.09 Å². The van der Waals surface area contributed by atoms with E-state index in [1.807, 2.05) is 6.08 Å². The van der Waals surface area contributed by atoms with Gasteiger partial charge in [0.2, 0.25) is 12.7 Å². The molecule has 2 aliphatic rings. The lowest BCUT2D eigenvalue weighted by Gasteiger charge is -2.39. The predicted octanol–water partition coefficient (Wildman–Crippen LogP) is 2.75. The third kappa shape index (κ3) is 8.66. The maximum Gasteiger partial charge on any atom is 0.478 e. The smallest absolute Gasteiger partial charge is 0.465 e. The number of amides is 1. The summed E-state index contributed by atoms with van der Waals surface area (Å²) in [5.41, 5.74) is -1.59. The molecule has 3 atom stereocenters. The van der Waals surface area contributed by atoms with Gasteiger partial charge in [-0.1, -0.05) is 19.9 Å². The van der Waals surface area contributed by atoms with Gasteiger partial charge in [0.15, 0.2) is 6.10 Å². The first-order valence-corrected chi connectivity index (χ1v) is 12.1. The van der Waals surface area contributed by atoms with E-state index in [0.717, 1.165) is 0 Å². The van der Waals surface area contributed by atoms with Gasteiger partial charge in [-0.05, 0) is 27.2 Å². The van der Waals surface area contributed by atoms with Crippen molar-refractivity contribution < 1.29 is 42.0 Å². The first kappa shape index (κ1) is 27.2. The molecule has 1 saturated heterocycles. The topological polar surface area (TPSA) is 139 Å². The fourth-order valence-corrected chi connectivity index (χ4v) is 4.25. The van der Waals surface area contributed by atoms with E-state index in [1.165, 1.54) is 0 Å². The zero-order valence-electron chi connectivity index (χ0n) is 19.7. The van der Waals surface area contributed by atoms with E-state index in [-0.39, 0.29) is 32.1 Å². The van der Waals surface area contributed by atoms with Gasteiger partial charge in [0, 0.05) is 30.3 Å². The molecule has 33 heavy (non-hydrogen) atoms. The fourth-order valence-electron chi connectivity index (χ4n) is 2.74. The van der Waals surface area contributed by atoms with E-state index in [0.29, 0.717) is 6.42 Å². The van der Waals surface area contributed by atoms with Gasteiger partial charge in [-0.2, -0.15) is 0 Å². The van der Waals surface area contributed by atoms with Crippen molar-refractivity contribution in [2.24, 2.45) is 21.7 Å². The van der Waals surface area contributed by atoms with Gasteiger partial charge in [-0.15, -0.1) is 0 Å². The molecular weight excluding hydrogens is 455 g/mol. The van der Waals surface area contributed by atoms with Gasteiger partial charge in [0.1, 0.15) is 0 Å². The van der Waals surface area contributed by atoms with Gasteiger partial charge in [0.25, 0.3) is 0 Å². The van der Waals surface area contributed by atoms with Crippen molar-refractivity contribution in [1.82, 2.24) is 5.32 Å². The number of ether oxygens (including phenoxy) is 2. The predicted molar refractivity (Wildman–Crippen MR) is 118 cm³/mol. The monoisotopic (exact) mass is 488 g/mol. The summed E-state index contributed by atoms with van der Waals surface area (Å²) in [5, 5.41) is 2.59. The standard InChI is InChI=1S/C21H33N2O9P/c1-20(2,3)19(26)29-14-31-33(27)30-13-21(4,5)17(32-33)18(25)23-11-8-16(24)28-12-15-6-9-22-10-7-15/h6,9-10,15,17H,7-8,11-14H2,1-5H3,(H,23,25)/t15?,17-,33-/m0/s1. The zero-order valence-corrected chi connectivity index (χ0v) is 20.6. The number of hydrogen-bond acceptors (Lipinski definition) is 10.